The lowest BCUT2D eigenvalue weighted by Crippen LogP contribution is -2.24. The van der Waals surface area contributed by atoms with Crippen LogP contribution in [0.1, 0.15) is 17.3 Å². The minimum Gasteiger partial charge on any atom is -0.495 e. The predicted octanol–water partition coefficient (Wildman–Crippen LogP) is 3.18. The number of carbonyl (C=O) groups excluding carboxylic acids is 3. The van der Waals surface area contributed by atoms with Gasteiger partial charge < -0.3 is 20.1 Å². The Labute approximate surface area is 167 Å². The number of carbonyl (C=O) groups is 3. The maximum atomic E-state index is 12.4. The largest absolute Gasteiger partial charge is 0.495 e. The van der Waals surface area contributed by atoms with Crippen LogP contribution in [-0.2, 0) is 14.3 Å². The Balaban J connectivity index is 1.94. The van der Waals surface area contributed by atoms with Crippen LogP contribution in [0.15, 0.2) is 48.5 Å². The second kappa shape index (κ2) is 10.4. The van der Waals surface area contributed by atoms with E-state index in [-0.39, 0.29) is 23.5 Å². The Morgan fingerprint density at radius 2 is 1.68 bits per heavy atom. The molecule has 0 radical (unpaired) electrons. The normalized spacial score (nSPS) is 11.2. The Kier molecular flexibility index (Phi) is 7.88. The van der Waals surface area contributed by atoms with Crippen molar-refractivity contribution in [3.63, 3.8) is 0 Å². The number of para-hydroxylation sites is 2. The van der Waals surface area contributed by atoms with Gasteiger partial charge in [0.15, 0.2) is 0 Å². The highest BCUT2D eigenvalue weighted by Gasteiger charge is 2.16. The summed E-state index contributed by atoms with van der Waals surface area (Å²) in [6.45, 7) is 1.71. The van der Waals surface area contributed by atoms with Crippen molar-refractivity contribution in [2.75, 3.05) is 30.6 Å². The van der Waals surface area contributed by atoms with Crippen LogP contribution >= 0.6 is 11.8 Å². The summed E-state index contributed by atoms with van der Waals surface area (Å²) in [5.41, 5.74) is 1.57. The third-order valence-electron chi connectivity index (χ3n) is 3.82. The van der Waals surface area contributed by atoms with Crippen molar-refractivity contribution in [3.8, 4) is 5.75 Å². The van der Waals surface area contributed by atoms with Crippen LogP contribution in [-0.4, -0.2) is 43.0 Å². The van der Waals surface area contributed by atoms with Gasteiger partial charge in [0.05, 0.1) is 30.9 Å². The highest BCUT2D eigenvalue weighted by Crippen LogP contribution is 2.24. The van der Waals surface area contributed by atoms with E-state index in [4.69, 9.17) is 4.74 Å². The second-order valence-corrected chi connectivity index (χ2v) is 7.08. The van der Waals surface area contributed by atoms with Gasteiger partial charge in [-0.15, -0.1) is 11.8 Å². The SMILES string of the molecule is COC(=O)CS[C@@H](C)C(=O)Nc1ccc(C(=O)Nc2ccccc2OC)cc1. The number of anilines is 2. The molecule has 148 valence electrons. The summed E-state index contributed by atoms with van der Waals surface area (Å²) in [7, 11) is 2.84. The van der Waals surface area contributed by atoms with Crippen LogP contribution in [0.4, 0.5) is 11.4 Å². The van der Waals surface area contributed by atoms with Crippen molar-refractivity contribution in [2.45, 2.75) is 12.2 Å². The zero-order valence-corrected chi connectivity index (χ0v) is 16.7. The van der Waals surface area contributed by atoms with Crippen LogP contribution in [0.3, 0.4) is 0 Å². The number of benzene rings is 2. The molecule has 0 bridgehead atoms. The molecule has 28 heavy (non-hydrogen) atoms. The number of esters is 1. The maximum absolute atomic E-state index is 12.4. The van der Waals surface area contributed by atoms with Gasteiger partial charge in [-0.25, -0.2) is 0 Å². The zero-order valence-electron chi connectivity index (χ0n) is 15.9. The molecule has 0 unspecified atom stereocenters. The van der Waals surface area contributed by atoms with Crippen molar-refractivity contribution in [1.29, 1.82) is 0 Å². The Hall–Kier alpha value is -3.00. The number of amides is 2. The van der Waals surface area contributed by atoms with Crippen molar-refractivity contribution in [3.05, 3.63) is 54.1 Å². The summed E-state index contributed by atoms with van der Waals surface area (Å²) < 4.78 is 9.77. The molecule has 0 aliphatic heterocycles. The van der Waals surface area contributed by atoms with Gasteiger partial charge in [-0.2, -0.15) is 0 Å². The Bertz CT molecular complexity index is 839. The van der Waals surface area contributed by atoms with Crippen molar-refractivity contribution in [1.82, 2.24) is 0 Å². The number of hydrogen-bond acceptors (Lipinski definition) is 6. The van der Waals surface area contributed by atoms with Gasteiger partial charge in [-0.05, 0) is 43.3 Å². The molecule has 0 saturated carbocycles. The summed E-state index contributed by atoms with van der Waals surface area (Å²) in [5.74, 6) is -0.231. The van der Waals surface area contributed by atoms with E-state index >= 15 is 0 Å². The molecule has 0 aliphatic rings. The van der Waals surface area contributed by atoms with Crippen LogP contribution in [0.25, 0.3) is 0 Å². The lowest BCUT2D eigenvalue weighted by Gasteiger charge is -2.12. The summed E-state index contributed by atoms with van der Waals surface area (Å²) in [6.07, 6.45) is 0. The fourth-order valence-electron chi connectivity index (χ4n) is 2.22. The van der Waals surface area contributed by atoms with E-state index in [9.17, 15) is 14.4 Å². The lowest BCUT2D eigenvalue weighted by atomic mass is 10.2. The van der Waals surface area contributed by atoms with Crippen LogP contribution < -0.4 is 15.4 Å². The van der Waals surface area contributed by atoms with Crippen LogP contribution in [0.5, 0.6) is 5.75 Å². The quantitative estimate of drug-likeness (QED) is 0.659. The van der Waals surface area contributed by atoms with E-state index in [0.717, 1.165) is 0 Å². The van der Waals surface area contributed by atoms with Crippen molar-refractivity contribution >= 4 is 40.9 Å². The summed E-state index contributed by atoms with van der Waals surface area (Å²) in [5, 5.41) is 5.12. The molecule has 7 nitrogen and oxygen atoms in total. The molecule has 0 aliphatic carbocycles. The zero-order chi connectivity index (χ0) is 20.5. The lowest BCUT2D eigenvalue weighted by molar-refractivity contribution is -0.137. The first kappa shape index (κ1) is 21.3. The second-order valence-electron chi connectivity index (χ2n) is 5.75. The van der Waals surface area contributed by atoms with Gasteiger partial charge in [0.1, 0.15) is 5.75 Å². The first-order valence-electron chi connectivity index (χ1n) is 8.48. The molecular formula is C20H22N2O5S. The smallest absolute Gasteiger partial charge is 0.315 e. The van der Waals surface area contributed by atoms with Gasteiger partial charge in [-0.3, -0.25) is 14.4 Å². The molecule has 2 aromatic rings. The number of methoxy groups -OCH3 is 2. The summed E-state index contributed by atoms with van der Waals surface area (Å²) >= 11 is 1.19. The fraction of sp³-hybridized carbons (Fsp3) is 0.250. The molecule has 2 amide bonds. The number of rotatable bonds is 8. The number of nitrogens with one attached hydrogen (secondary N) is 2. The molecular weight excluding hydrogens is 380 g/mol. The van der Waals surface area contributed by atoms with E-state index in [1.54, 1.807) is 49.4 Å². The molecule has 1 atom stereocenters. The van der Waals surface area contributed by atoms with Gasteiger partial charge in [0.2, 0.25) is 5.91 Å². The minimum absolute atomic E-state index is 0.104. The van der Waals surface area contributed by atoms with Gasteiger partial charge in [0, 0.05) is 11.3 Å². The first-order chi connectivity index (χ1) is 13.4. The molecule has 2 N–H and O–H groups in total. The van der Waals surface area contributed by atoms with E-state index in [1.165, 1.54) is 26.0 Å². The number of ether oxygens (including phenoxy) is 2. The number of hydrogen-bond donors (Lipinski definition) is 2. The minimum atomic E-state index is -0.423. The highest BCUT2D eigenvalue weighted by molar-refractivity contribution is 8.01. The average Bonchev–Trinajstić information content (AvgIpc) is 2.72. The topological polar surface area (TPSA) is 93.7 Å². The Morgan fingerprint density at radius 3 is 2.32 bits per heavy atom. The van der Waals surface area contributed by atoms with Crippen molar-refractivity contribution in [2.24, 2.45) is 0 Å². The van der Waals surface area contributed by atoms with Crippen molar-refractivity contribution < 1.29 is 23.9 Å². The van der Waals surface area contributed by atoms with Crippen LogP contribution in [0.2, 0.25) is 0 Å². The molecule has 0 fully saturated rings. The Morgan fingerprint density at radius 1 is 1.00 bits per heavy atom. The van der Waals surface area contributed by atoms with E-state index in [1.807, 2.05) is 6.07 Å². The van der Waals surface area contributed by atoms with Crippen LogP contribution in [0, 0.1) is 0 Å². The van der Waals surface area contributed by atoms with Gasteiger partial charge in [0.25, 0.3) is 5.91 Å². The third-order valence-corrected chi connectivity index (χ3v) is 4.93. The standard InChI is InChI=1S/C20H22N2O5S/c1-13(28-12-18(23)27-3)19(24)21-15-10-8-14(9-11-15)20(25)22-16-6-4-5-7-17(16)26-2/h4-11,13H,12H2,1-3H3,(H,21,24)(H,22,25)/t13-/m0/s1. The fourth-order valence-corrected chi connectivity index (χ4v) is 2.93. The average molecular weight is 402 g/mol. The molecule has 0 heterocycles. The monoisotopic (exact) mass is 402 g/mol. The van der Waals surface area contributed by atoms with Gasteiger partial charge >= 0.3 is 5.97 Å². The molecule has 2 rings (SSSR count). The van der Waals surface area contributed by atoms with Gasteiger partial charge in [-0.1, -0.05) is 12.1 Å². The highest BCUT2D eigenvalue weighted by atomic mass is 32.2. The number of thioether (sulfide) groups is 1. The van der Waals surface area contributed by atoms with E-state index in [0.29, 0.717) is 22.7 Å². The molecule has 2 aromatic carbocycles. The summed E-state index contributed by atoms with van der Waals surface area (Å²) in [6, 6.07) is 13.7. The maximum Gasteiger partial charge on any atom is 0.315 e. The van der Waals surface area contributed by atoms with E-state index in [2.05, 4.69) is 15.4 Å². The molecule has 8 heteroatoms. The third kappa shape index (κ3) is 6.02. The van der Waals surface area contributed by atoms with E-state index < -0.39 is 5.25 Å². The first-order valence-corrected chi connectivity index (χ1v) is 9.53. The molecule has 0 aromatic heterocycles. The summed E-state index contributed by atoms with van der Waals surface area (Å²) in [4.78, 5) is 35.7. The molecule has 0 spiro atoms. The molecule has 0 saturated heterocycles. The predicted molar refractivity (Wildman–Crippen MR) is 110 cm³/mol.